The van der Waals surface area contributed by atoms with Gasteiger partial charge in [-0.2, -0.15) is 0 Å². The Morgan fingerprint density at radius 3 is 2.21 bits per heavy atom. The topological polar surface area (TPSA) is 12.0 Å². The van der Waals surface area contributed by atoms with Crippen LogP contribution in [0, 0.1) is 5.41 Å². The molecule has 1 N–H and O–H groups in total. The standard InChI is InChI=1S/C16H21NS2/c1-16(2)8-7-12(11-16)17-15(13-5-3-9-18-13)14-6-4-10-19-14/h3-6,9-10,12,15,17H,7-8,11H2,1-2H3. The van der Waals surface area contributed by atoms with E-state index in [2.05, 4.69) is 54.2 Å². The van der Waals surface area contributed by atoms with Crippen molar-refractivity contribution < 1.29 is 0 Å². The molecule has 102 valence electrons. The van der Waals surface area contributed by atoms with Gasteiger partial charge in [0.2, 0.25) is 0 Å². The van der Waals surface area contributed by atoms with Gasteiger partial charge in [-0.3, -0.25) is 0 Å². The zero-order valence-electron chi connectivity index (χ0n) is 11.6. The van der Waals surface area contributed by atoms with Crippen LogP contribution in [0.3, 0.4) is 0 Å². The summed E-state index contributed by atoms with van der Waals surface area (Å²) in [6.45, 7) is 4.78. The van der Waals surface area contributed by atoms with E-state index in [1.807, 2.05) is 22.7 Å². The molecule has 1 nitrogen and oxygen atoms in total. The predicted molar refractivity (Wildman–Crippen MR) is 85.0 cm³/mol. The van der Waals surface area contributed by atoms with Gasteiger partial charge in [-0.25, -0.2) is 0 Å². The normalized spacial score (nSPS) is 22.2. The van der Waals surface area contributed by atoms with Gasteiger partial charge in [-0.15, -0.1) is 22.7 Å². The number of hydrogen-bond donors (Lipinski definition) is 1. The van der Waals surface area contributed by atoms with Crippen molar-refractivity contribution >= 4 is 22.7 Å². The molecule has 0 aliphatic heterocycles. The lowest BCUT2D eigenvalue weighted by atomic mass is 9.92. The molecule has 0 spiro atoms. The molecule has 3 heteroatoms. The Morgan fingerprint density at radius 1 is 1.16 bits per heavy atom. The first-order valence-corrected chi connectivity index (χ1v) is 8.73. The average Bonchev–Trinajstić information content (AvgIpc) is 3.07. The number of nitrogens with one attached hydrogen (secondary N) is 1. The summed E-state index contributed by atoms with van der Waals surface area (Å²) in [5.41, 5.74) is 0.507. The van der Waals surface area contributed by atoms with Gasteiger partial charge in [-0.05, 0) is 47.6 Å². The smallest absolute Gasteiger partial charge is 0.0766 e. The van der Waals surface area contributed by atoms with Crippen molar-refractivity contribution in [1.82, 2.24) is 5.32 Å². The van der Waals surface area contributed by atoms with Crippen LogP contribution in [0.25, 0.3) is 0 Å². The van der Waals surface area contributed by atoms with Crippen LogP contribution in [0.15, 0.2) is 35.0 Å². The number of hydrogen-bond acceptors (Lipinski definition) is 3. The first-order valence-electron chi connectivity index (χ1n) is 6.97. The van der Waals surface area contributed by atoms with Crippen molar-refractivity contribution in [2.24, 2.45) is 5.41 Å². The summed E-state index contributed by atoms with van der Waals surface area (Å²) in [4.78, 5) is 2.87. The van der Waals surface area contributed by atoms with Gasteiger partial charge in [0.15, 0.2) is 0 Å². The van der Waals surface area contributed by atoms with Crippen LogP contribution < -0.4 is 5.32 Å². The van der Waals surface area contributed by atoms with Crippen LogP contribution in [0.4, 0.5) is 0 Å². The molecule has 1 aliphatic carbocycles. The summed E-state index contributed by atoms with van der Waals surface area (Å²) in [6, 6.07) is 9.86. The molecule has 1 aliphatic rings. The summed E-state index contributed by atoms with van der Waals surface area (Å²) in [6.07, 6.45) is 3.94. The third-order valence-electron chi connectivity index (χ3n) is 4.03. The molecule has 0 radical (unpaired) electrons. The Balaban J connectivity index is 1.78. The Kier molecular flexibility index (Phi) is 3.79. The van der Waals surface area contributed by atoms with E-state index < -0.39 is 0 Å². The molecule has 1 atom stereocenters. The van der Waals surface area contributed by atoms with E-state index in [9.17, 15) is 0 Å². The van der Waals surface area contributed by atoms with Crippen LogP contribution >= 0.6 is 22.7 Å². The van der Waals surface area contributed by atoms with E-state index >= 15 is 0 Å². The zero-order chi connectivity index (χ0) is 13.3. The van der Waals surface area contributed by atoms with E-state index in [0.717, 1.165) is 0 Å². The van der Waals surface area contributed by atoms with Crippen molar-refractivity contribution in [1.29, 1.82) is 0 Å². The molecule has 1 fully saturated rings. The molecule has 0 aromatic carbocycles. The molecular weight excluding hydrogens is 270 g/mol. The minimum absolute atomic E-state index is 0.388. The molecule has 0 amide bonds. The van der Waals surface area contributed by atoms with Gasteiger partial charge >= 0.3 is 0 Å². The second kappa shape index (κ2) is 5.39. The van der Waals surface area contributed by atoms with Gasteiger partial charge in [0, 0.05) is 15.8 Å². The predicted octanol–water partition coefficient (Wildman–Crippen LogP) is 5.07. The second-order valence-corrected chi connectivity index (χ2v) is 8.19. The minimum atomic E-state index is 0.388. The monoisotopic (exact) mass is 291 g/mol. The summed E-state index contributed by atoms with van der Waals surface area (Å²) >= 11 is 3.71. The number of thiophene rings is 2. The summed E-state index contributed by atoms with van der Waals surface area (Å²) in [5, 5.41) is 8.25. The van der Waals surface area contributed by atoms with E-state index in [1.54, 1.807) is 0 Å². The van der Waals surface area contributed by atoms with E-state index in [-0.39, 0.29) is 0 Å². The van der Waals surface area contributed by atoms with Crippen LogP contribution in [0.1, 0.15) is 48.9 Å². The van der Waals surface area contributed by atoms with Crippen molar-refractivity contribution in [3.05, 3.63) is 44.8 Å². The Hall–Kier alpha value is -0.640. The fourth-order valence-corrected chi connectivity index (χ4v) is 4.71. The molecule has 1 unspecified atom stereocenters. The van der Waals surface area contributed by atoms with Crippen molar-refractivity contribution in [2.45, 2.75) is 45.2 Å². The lowest BCUT2D eigenvalue weighted by Gasteiger charge is -2.23. The first kappa shape index (κ1) is 13.3. The second-order valence-electron chi connectivity index (χ2n) is 6.23. The van der Waals surface area contributed by atoms with E-state index in [0.29, 0.717) is 17.5 Å². The maximum Gasteiger partial charge on any atom is 0.0766 e. The van der Waals surface area contributed by atoms with Crippen molar-refractivity contribution in [3.8, 4) is 0 Å². The van der Waals surface area contributed by atoms with Gasteiger partial charge < -0.3 is 5.32 Å². The minimum Gasteiger partial charge on any atom is -0.302 e. The fraction of sp³-hybridized carbons (Fsp3) is 0.500. The molecule has 0 saturated heterocycles. The fourth-order valence-electron chi connectivity index (χ4n) is 3.03. The lowest BCUT2D eigenvalue weighted by Crippen LogP contribution is -2.31. The average molecular weight is 291 g/mol. The highest BCUT2D eigenvalue weighted by atomic mass is 32.1. The molecule has 2 heterocycles. The highest BCUT2D eigenvalue weighted by Crippen LogP contribution is 2.39. The van der Waals surface area contributed by atoms with Gasteiger partial charge in [0.25, 0.3) is 0 Å². The molecule has 2 aromatic heterocycles. The maximum atomic E-state index is 3.90. The summed E-state index contributed by atoms with van der Waals surface area (Å²) in [7, 11) is 0. The summed E-state index contributed by atoms with van der Waals surface area (Å²) < 4.78 is 0. The first-order chi connectivity index (χ1) is 9.14. The van der Waals surface area contributed by atoms with Crippen molar-refractivity contribution in [3.63, 3.8) is 0 Å². The van der Waals surface area contributed by atoms with E-state index in [4.69, 9.17) is 0 Å². The van der Waals surface area contributed by atoms with Crippen LogP contribution in [0.5, 0.6) is 0 Å². The lowest BCUT2D eigenvalue weighted by molar-refractivity contribution is 0.360. The molecule has 2 aromatic rings. The van der Waals surface area contributed by atoms with Gasteiger partial charge in [0.05, 0.1) is 6.04 Å². The quantitative estimate of drug-likeness (QED) is 0.829. The molecule has 3 rings (SSSR count). The van der Waals surface area contributed by atoms with Crippen molar-refractivity contribution in [2.75, 3.05) is 0 Å². The third-order valence-corrected chi connectivity index (χ3v) is 5.90. The van der Waals surface area contributed by atoms with Crippen LogP contribution in [-0.4, -0.2) is 6.04 Å². The van der Waals surface area contributed by atoms with Crippen LogP contribution in [0.2, 0.25) is 0 Å². The highest BCUT2D eigenvalue weighted by molar-refractivity contribution is 7.11. The summed E-state index contributed by atoms with van der Waals surface area (Å²) in [5.74, 6) is 0. The Labute approximate surface area is 123 Å². The SMILES string of the molecule is CC1(C)CCC(NC(c2cccs2)c2cccs2)C1. The number of rotatable bonds is 4. The van der Waals surface area contributed by atoms with Crippen LogP contribution in [-0.2, 0) is 0 Å². The molecular formula is C16H21NS2. The molecule has 19 heavy (non-hydrogen) atoms. The highest BCUT2D eigenvalue weighted by Gasteiger charge is 2.32. The Morgan fingerprint density at radius 2 is 1.79 bits per heavy atom. The van der Waals surface area contributed by atoms with Gasteiger partial charge in [-0.1, -0.05) is 26.0 Å². The molecule has 1 saturated carbocycles. The molecule has 0 bridgehead atoms. The largest absolute Gasteiger partial charge is 0.302 e. The Bertz CT molecular complexity index is 465. The van der Waals surface area contributed by atoms with Gasteiger partial charge in [0.1, 0.15) is 0 Å². The maximum absolute atomic E-state index is 3.90. The zero-order valence-corrected chi connectivity index (χ0v) is 13.2. The third kappa shape index (κ3) is 3.10. The van der Waals surface area contributed by atoms with E-state index in [1.165, 1.54) is 29.0 Å².